The first-order valence-electron chi connectivity index (χ1n) is 12.0. The molecule has 10 heteroatoms. The summed E-state index contributed by atoms with van der Waals surface area (Å²) in [6, 6.07) is 7.27. The van der Waals surface area contributed by atoms with Crippen LogP contribution in [-0.2, 0) is 6.54 Å². The van der Waals surface area contributed by atoms with Crippen LogP contribution in [0.1, 0.15) is 42.6 Å². The lowest BCUT2D eigenvalue weighted by Gasteiger charge is -2.27. The summed E-state index contributed by atoms with van der Waals surface area (Å²) >= 11 is 0. The van der Waals surface area contributed by atoms with Crippen molar-refractivity contribution in [2.45, 2.75) is 39.3 Å². The van der Waals surface area contributed by atoms with Crippen molar-refractivity contribution in [3.05, 3.63) is 51.9 Å². The first kappa shape index (κ1) is 24.5. The van der Waals surface area contributed by atoms with Crippen LogP contribution in [-0.4, -0.2) is 64.7 Å². The summed E-state index contributed by atoms with van der Waals surface area (Å²) in [6.45, 7) is 7.35. The van der Waals surface area contributed by atoms with E-state index in [4.69, 9.17) is 10.5 Å². The highest BCUT2D eigenvalue weighted by atomic mass is 16.5. The van der Waals surface area contributed by atoms with Crippen molar-refractivity contribution in [3.8, 4) is 5.75 Å². The number of nitrogen functional groups attached to an aromatic ring is 1. The number of nitrogens with two attached hydrogens (primary N) is 1. The molecule has 2 aromatic heterocycles. The monoisotopic (exact) mass is 479 g/mol. The Kier molecular flexibility index (Phi) is 7.50. The SMILES string of the molecule is CCCC(C)Nc1nc(N)nc2ccn(Cc3ccc(C(=O)N4CCNCC4)cc3OC)c(=O)c12. The molecule has 0 bridgehead atoms. The number of aromatic nitrogens is 3. The van der Waals surface area contributed by atoms with E-state index in [0.29, 0.717) is 41.1 Å². The Hall–Kier alpha value is -3.66. The summed E-state index contributed by atoms with van der Waals surface area (Å²) in [5.41, 5.74) is 7.52. The van der Waals surface area contributed by atoms with E-state index in [1.807, 2.05) is 17.9 Å². The number of pyridine rings is 1. The molecule has 3 aromatic rings. The average Bonchev–Trinajstić information content (AvgIpc) is 2.85. The molecule has 186 valence electrons. The highest BCUT2D eigenvalue weighted by Crippen LogP contribution is 2.24. The van der Waals surface area contributed by atoms with Gasteiger partial charge in [0, 0.05) is 49.5 Å². The van der Waals surface area contributed by atoms with Crippen molar-refractivity contribution in [1.29, 1.82) is 0 Å². The van der Waals surface area contributed by atoms with Gasteiger partial charge in [-0.15, -0.1) is 0 Å². The lowest BCUT2D eigenvalue weighted by Crippen LogP contribution is -2.46. The molecule has 10 nitrogen and oxygen atoms in total. The van der Waals surface area contributed by atoms with Crippen LogP contribution in [0, 0.1) is 0 Å². The molecule has 0 aliphatic carbocycles. The Morgan fingerprint density at radius 1 is 1.26 bits per heavy atom. The van der Waals surface area contributed by atoms with Gasteiger partial charge in [0.15, 0.2) is 0 Å². The molecule has 1 saturated heterocycles. The van der Waals surface area contributed by atoms with Crippen LogP contribution in [0.3, 0.4) is 0 Å². The Bertz CT molecular complexity index is 1270. The lowest BCUT2D eigenvalue weighted by molar-refractivity contribution is 0.0735. The standard InChI is InChI=1S/C25H33N7O3/c1-4-5-16(2)28-22-21-19(29-25(26)30-22)8-11-32(24(21)34)15-18-7-6-17(14-20(18)35-3)23(33)31-12-9-27-10-13-31/h6-8,11,14,16,27H,4-5,9-10,12-13,15H2,1-3H3,(H3,26,28,29,30). The second-order valence-corrected chi connectivity index (χ2v) is 8.84. The molecular formula is C25H33N7O3. The summed E-state index contributed by atoms with van der Waals surface area (Å²) in [6.07, 6.45) is 3.63. The number of carbonyl (C=O) groups is 1. The van der Waals surface area contributed by atoms with E-state index in [-0.39, 0.29) is 30.0 Å². The van der Waals surface area contributed by atoms with E-state index >= 15 is 0 Å². The topological polar surface area (TPSA) is 127 Å². The fourth-order valence-corrected chi connectivity index (χ4v) is 4.41. The summed E-state index contributed by atoms with van der Waals surface area (Å²) in [5.74, 6) is 1.09. The molecule has 1 atom stereocenters. The van der Waals surface area contributed by atoms with Crippen LogP contribution in [0.15, 0.2) is 35.3 Å². The van der Waals surface area contributed by atoms with Gasteiger partial charge in [-0.1, -0.05) is 19.4 Å². The number of nitrogens with one attached hydrogen (secondary N) is 2. The maximum absolute atomic E-state index is 13.5. The van der Waals surface area contributed by atoms with Gasteiger partial charge in [0.25, 0.3) is 11.5 Å². The van der Waals surface area contributed by atoms with Gasteiger partial charge >= 0.3 is 0 Å². The molecule has 1 aliphatic rings. The van der Waals surface area contributed by atoms with Crippen molar-refractivity contribution in [2.24, 2.45) is 0 Å². The van der Waals surface area contributed by atoms with Crippen molar-refractivity contribution in [3.63, 3.8) is 0 Å². The predicted molar refractivity (Wildman–Crippen MR) is 137 cm³/mol. The highest BCUT2D eigenvalue weighted by molar-refractivity contribution is 5.95. The van der Waals surface area contributed by atoms with E-state index in [1.54, 1.807) is 36.1 Å². The average molecular weight is 480 g/mol. The second kappa shape index (κ2) is 10.7. The number of methoxy groups -OCH3 is 1. The molecule has 1 aliphatic heterocycles. The number of piperazine rings is 1. The first-order valence-corrected chi connectivity index (χ1v) is 12.0. The van der Waals surface area contributed by atoms with Gasteiger partial charge in [-0.3, -0.25) is 9.59 Å². The summed E-state index contributed by atoms with van der Waals surface area (Å²) in [4.78, 5) is 36.8. The van der Waals surface area contributed by atoms with Crippen molar-refractivity contribution < 1.29 is 9.53 Å². The Morgan fingerprint density at radius 3 is 2.74 bits per heavy atom. The van der Waals surface area contributed by atoms with Gasteiger partial charge in [0.1, 0.15) is 17.0 Å². The Balaban J connectivity index is 1.66. The van der Waals surface area contributed by atoms with Crippen LogP contribution in [0.5, 0.6) is 5.75 Å². The number of amides is 1. The molecule has 1 fully saturated rings. The molecule has 3 heterocycles. The molecule has 0 spiro atoms. The number of nitrogens with zero attached hydrogens (tertiary/aromatic N) is 4. The minimum absolute atomic E-state index is 0.0223. The molecule has 4 N–H and O–H groups in total. The fourth-order valence-electron chi connectivity index (χ4n) is 4.41. The van der Waals surface area contributed by atoms with E-state index in [0.717, 1.165) is 31.5 Å². The minimum atomic E-state index is -0.225. The summed E-state index contributed by atoms with van der Waals surface area (Å²) in [7, 11) is 1.56. The largest absolute Gasteiger partial charge is 0.496 e. The smallest absolute Gasteiger partial charge is 0.264 e. The molecule has 0 saturated carbocycles. The van der Waals surface area contributed by atoms with E-state index < -0.39 is 0 Å². The molecular weight excluding hydrogens is 446 g/mol. The van der Waals surface area contributed by atoms with E-state index in [1.165, 1.54) is 0 Å². The van der Waals surface area contributed by atoms with Gasteiger partial charge in [-0.05, 0) is 31.5 Å². The number of ether oxygens (including phenoxy) is 1. The number of hydrogen-bond donors (Lipinski definition) is 3. The third-order valence-electron chi connectivity index (χ3n) is 6.23. The summed E-state index contributed by atoms with van der Waals surface area (Å²) < 4.78 is 7.18. The zero-order chi connectivity index (χ0) is 24.9. The molecule has 4 rings (SSSR count). The zero-order valence-electron chi connectivity index (χ0n) is 20.5. The molecule has 1 aromatic carbocycles. The Morgan fingerprint density at radius 2 is 2.03 bits per heavy atom. The fraction of sp³-hybridized carbons (Fsp3) is 0.440. The molecule has 1 unspecified atom stereocenters. The normalized spacial score (nSPS) is 14.7. The number of anilines is 2. The Labute approximate surface area is 204 Å². The van der Waals surface area contributed by atoms with Gasteiger partial charge in [0.05, 0.1) is 19.2 Å². The van der Waals surface area contributed by atoms with Gasteiger partial charge in [-0.2, -0.15) is 4.98 Å². The number of hydrogen-bond acceptors (Lipinski definition) is 8. The number of carbonyl (C=O) groups excluding carboxylic acids is 1. The minimum Gasteiger partial charge on any atom is -0.496 e. The molecule has 35 heavy (non-hydrogen) atoms. The second-order valence-electron chi connectivity index (χ2n) is 8.84. The number of fused-ring (bicyclic) bond motifs is 1. The number of benzene rings is 1. The maximum atomic E-state index is 13.5. The quantitative estimate of drug-likeness (QED) is 0.448. The third kappa shape index (κ3) is 5.37. The van der Waals surface area contributed by atoms with Crippen molar-refractivity contribution in [2.75, 3.05) is 44.3 Å². The maximum Gasteiger partial charge on any atom is 0.264 e. The molecule has 0 radical (unpaired) electrons. The zero-order valence-corrected chi connectivity index (χ0v) is 20.5. The van der Waals surface area contributed by atoms with Crippen LogP contribution < -0.4 is 26.7 Å². The molecule has 1 amide bonds. The van der Waals surface area contributed by atoms with E-state index in [2.05, 4.69) is 27.5 Å². The highest BCUT2D eigenvalue weighted by Gasteiger charge is 2.20. The van der Waals surface area contributed by atoms with Crippen LogP contribution in [0.4, 0.5) is 11.8 Å². The summed E-state index contributed by atoms with van der Waals surface area (Å²) in [5, 5.41) is 6.96. The van der Waals surface area contributed by atoms with E-state index in [9.17, 15) is 9.59 Å². The third-order valence-corrected chi connectivity index (χ3v) is 6.23. The van der Waals surface area contributed by atoms with Crippen molar-refractivity contribution >= 4 is 28.6 Å². The van der Waals surface area contributed by atoms with Gasteiger partial charge in [0.2, 0.25) is 5.95 Å². The van der Waals surface area contributed by atoms with Crippen LogP contribution >= 0.6 is 0 Å². The van der Waals surface area contributed by atoms with Gasteiger partial charge in [-0.25, -0.2) is 4.98 Å². The predicted octanol–water partition coefficient (Wildman–Crippen LogP) is 2.08. The van der Waals surface area contributed by atoms with Crippen molar-refractivity contribution in [1.82, 2.24) is 24.8 Å². The van der Waals surface area contributed by atoms with Crippen LogP contribution in [0.2, 0.25) is 0 Å². The lowest BCUT2D eigenvalue weighted by atomic mass is 10.1. The van der Waals surface area contributed by atoms with Gasteiger partial charge < -0.3 is 30.6 Å². The number of rotatable bonds is 8. The first-order chi connectivity index (χ1) is 16.9. The van der Waals surface area contributed by atoms with Crippen LogP contribution in [0.25, 0.3) is 10.9 Å².